The van der Waals surface area contributed by atoms with Gasteiger partial charge in [-0.05, 0) is 54.7 Å². The van der Waals surface area contributed by atoms with Gasteiger partial charge >= 0.3 is 0 Å². The molecule has 0 aliphatic carbocycles. The normalized spacial score (nSPS) is 23.7. The SMILES string of the molecule is C#Cc1ccc(Cc2cc(C3CC(O)CC(C)O3)ccc2Cl)cc1. The van der Waals surface area contributed by atoms with E-state index in [0.717, 1.165) is 33.7 Å². The summed E-state index contributed by atoms with van der Waals surface area (Å²) >= 11 is 6.38. The minimum atomic E-state index is -0.311. The van der Waals surface area contributed by atoms with Gasteiger partial charge in [0.05, 0.1) is 18.3 Å². The number of halogens is 1. The molecule has 0 radical (unpaired) electrons. The first-order valence-electron chi connectivity index (χ1n) is 8.22. The minimum Gasteiger partial charge on any atom is -0.393 e. The van der Waals surface area contributed by atoms with Crippen molar-refractivity contribution in [1.29, 1.82) is 0 Å². The lowest BCUT2D eigenvalue weighted by Gasteiger charge is -2.31. The number of rotatable bonds is 3. The van der Waals surface area contributed by atoms with Crippen LogP contribution in [0.25, 0.3) is 0 Å². The first kappa shape index (κ1) is 17.0. The molecular weight excluding hydrogens is 320 g/mol. The average molecular weight is 341 g/mol. The molecule has 2 nitrogen and oxygen atoms in total. The maximum atomic E-state index is 10.00. The maximum Gasteiger partial charge on any atom is 0.0853 e. The van der Waals surface area contributed by atoms with E-state index in [1.165, 1.54) is 0 Å². The van der Waals surface area contributed by atoms with E-state index in [1.807, 2.05) is 43.3 Å². The molecule has 0 spiro atoms. The van der Waals surface area contributed by atoms with Crippen LogP contribution in [0, 0.1) is 12.3 Å². The van der Waals surface area contributed by atoms with Crippen molar-refractivity contribution in [3.8, 4) is 12.3 Å². The summed E-state index contributed by atoms with van der Waals surface area (Å²) in [5.74, 6) is 2.62. The quantitative estimate of drug-likeness (QED) is 0.833. The second-order valence-electron chi connectivity index (χ2n) is 6.43. The molecule has 24 heavy (non-hydrogen) atoms. The molecule has 0 amide bonds. The molecule has 124 valence electrons. The van der Waals surface area contributed by atoms with Crippen LogP contribution >= 0.6 is 11.6 Å². The van der Waals surface area contributed by atoms with Crippen LogP contribution in [0.2, 0.25) is 5.02 Å². The van der Waals surface area contributed by atoms with Gasteiger partial charge in [-0.1, -0.05) is 41.8 Å². The molecule has 3 rings (SSSR count). The summed E-state index contributed by atoms with van der Waals surface area (Å²) in [4.78, 5) is 0. The highest BCUT2D eigenvalue weighted by atomic mass is 35.5. The van der Waals surface area contributed by atoms with Crippen LogP contribution in [0.15, 0.2) is 42.5 Å². The molecule has 1 heterocycles. The molecule has 1 fully saturated rings. The molecule has 1 aliphatic heterocycles. The highest BCUT2D eigenvalue weighted by Crippen LogP contribution is 2.33. The number of hydrogen-bond acceptors (Lipinski definition) is 2. The average Bonchev–Trinajstić information content (AvgIpc) is 2.56. The van der Waals surface area contributed by atoms with E-state index in [2.05, 4.69) is 12.0 Å². The molecule has 0 aromatic heterocycles. The molecule has 2 aromatic carbocycles. The Bertz CT molecular complexity index is 735. The zero-order chi connectivity index (χ0) is 17.1. The summed E-state index contributed by atoms with van der Waals surface area (Å²) in [6.45, 7) is 2.00. The largest absolute Gasteiger partial charge is 0.393 e. The van der Waals surface area contributed by atoms with Crippen LogP contribution in [-0.4, -0.2) is 17.3 Å². The standard InChI is InChI=1S/C21H21ClO2/c1-3-15-4-6-16(7-5-15)11-18-12-17(8-9-20(18)22)21-13-19(23)10-14(2)24-21/h1,4-9,12,14,19,21,23H,10-11,13H2,2H3. The molecule has 2 aromatic rings. The summed E-state index contributed by atoms with van der Waals surface area (Å²) in [6.07, 6.45) is 7.13. The third kappa shape index (κ3) is 3.99. The number of ether oxygens (including phenoxy) is 1. The number of hydrogen-bond donors (Lipinski definition) is 1. The zero-order valence-electron chi connectivity index (χ0n) is 13.7. The Morgan fingerprint density at radius 1 is 1.21 bits per heavy atom. The minimum absolute atomic E-state index is 0.0641. The van der Waals surface area contributed by atoms with Crippen molar-refractivity contribution in [2.24, 2.45) is 0 Å². The van der Waals surface area contributed by atoms with Crippen LogP contribution in [0.5, 0.6) is 0 Å². The molecule has 3 heteroatoms. The summed E-state index contributed by atoms with van der Waals surface area (Å²) < 4.78 is 5.99. The predicted molar refractivity (Wildman–Crippen MR) is 97.2 cm³/mol. The summed E-state index contributed by atoms with van der Waals surface area (Å²) in [6, 6.07) is 13.9. The summed E-state index contributed by atoms with van der Waals surface area (Å²) in [5, 5.41) is 10.7. The van der Waals surface area contributed by atoms with Crippen LogP contribution in [0.4, 0.5) is 0 Å². The molecule has 3 atom stereocenters. The topological polar surface area (TPSA) is 29.5 Å². The van der Waals surface area contributed by atoms with Gasteiger partial charge in [-0.25, -0.2) is 0 Å². The van der Waals surface area contributed by atoms with E-state index >= 15 is 0 Å². The van der Waals surface area contributed by atoms with Crippen molar-refractivity contribution in [2.75, 3.05) is 0 Å². The Balaban J connectivity index is 1.82. The lowest BCUT2D eigenvalue weighted by molar-refractivity contribution is -0.0895. The first-order valence-corrected chi connectivity index (χ1v) is 8.60. The molecule has 1 saturated heterocycles. The van der Waals surface area contributed by atoms with Gasteiger partial charge < -0.3 is 9.84 Å². The van der Waals surface area contributed by atoms with Crippen LogP contribution < -0.4 is 0 Å². The molecule has 1 aliphatic rings. The smallest absolute Gasteiger partial charge is 0.0853 e. The van der Waals surface area contributed by atoms with Crippen LogP contribution in [0.3, 0.4) is 0 Å². The monoisotopic (exact) mass is 340 g/mol. The summed E-state index contributed by atoms with van der Waals surface area (Å²) in [5.41, 5.74) is 4.15. The van der Waals surface area contributed by atoms with Crippen LogP contribution in [-0.2, 0) is 11.2 Å². The van der Waals surface area contributed by atoms with Gasteiger partial charge in [-0.2, -0.15) is 0 Å². The highest BCUT2D eigenvalue weighted by molar-refractivity contribution is 6.31. The Labute approximate surface area is 148 Å². The fourth-order valence-electron chi connectivity index (χ4n) is 3.20. The molecule has 3 unspecified atom stereocenters. The molecular formula is C21H21ClO2. The van der Waals surface area contributed by atoms with E-state index in [0.29, 0.717) is 12.8 Å². The Morgan fingerprint density at radius 3 is 2.62 bits per heavy atom. The fourth-order valence-corrected chi connectivity index (χ4v) is 3.39. The van der Waals surface area contributed by atoms with E-state index in [1.54, 1.807) is 0 Å². The Kier molecular flexibility index (Phi) is 5.26. The lowest BCUT2D eigenvalue weighted by Crippen LogP contribution is -2.29. The zero-order valence-corrected chi connectivity index (χ0v) is 14.5. The van der Waals surface area contributed by atoms with Crippen molar-refractivity contribution in [1.82, 2.24) is 0 Å². The predicted octanol–water partition coefficient (Wildman–Crippen LogP) is 4.51. The number of aliphatic hydroxyl groups is 1. The van der Waals surface area contributed by atoms with E-state index < -0.39 is 0 Å². The van der Waals surface area contributed by atoms with Crippen molar-refractivity contribution < 1.29 is 9.84 Å². The van der Waals surface area contributed by atoms with Crippen molar-refractivity contribution >= 4 is 11.6 Å². The van der Waals surface area contributed by atoms with Gasteiger partial charge in [0, 0.05) is 17.0 Å². The van der Waals surface area contributed by atoms with Gasteiger partial charge in [0.25, 0.3) is 0 Å². The van der Waals surface area contributed by atoms with Crippen molar-refractivity contribution in [2.45, 2.75) is 44.5 Å². The molecule has 0 bridgehead atoms. The molecule has 0 saturated carbocycles. The van der Waals surface area contributed by atoms with Gasteiger partial charge in [0.2, 0.25) is 0 Å². The fraction of sp³-hybridized carbons (Fsp3) is 0.333. The van der Waals surface area contributed by atoms with Gasteiger partial charge in [0.1, 0.15) is 0 Å². The first-order chi connectivity index (χ1) is 11.5. The number of terminal acetylenes is 1. The number of benzene rings is 2. The second kappa shape index (κ2) is 7.40. The lowest BCUT2D eigenvalue weighted by atomic mass is 9.94. The van der Waals surface area contributed by atoms with Gasteiger partial charge in [0.15, 0.2) is 0 Å². The second-order valence-corrected chi connectivity index (χ2v) is 6.84. The van der Waals surface area contributed by atoms with E-state index in [9.17, 15) is 5.11 Å². The maximum absolute atomic E-state index is 10.00. The van der Waals surface area contributed by atoms with Crippen molar-refractivity contribution in [3.63, 3.8) is 0 Å². The van der Waals surface area contributed by atoms with Crippen LogP contribution in [0.1, 0.15) is 48.1 Å². The van der Waals surface area contributed by atoms with Gasteiger partial charge in [-0.3, -0.25) is 0 Å². The Hall–Kier alpha value is -1.79. The molecule has 1 N–H and O–H groups in total. The number of aliphatic hydroxyl groups excluding tert-OH is 1. The van der Waals surface area contributed by atoms with E-state index in [-0.39, 0.29) is 18.3 Å². The third-order valence-corrected chi connectivity index (χ3v) is 4.81. The van der Waals surface area contributed by atoms with E-state index in [4.69, 9.17) is 22.8 Å². The highest BCUT2D eigenvalue weighted by Gasteiger charge is 2.27. The Morgan fingerprint density at radius 2 is 1.96 bits per heavy atom. The third-order valence-electron chi connectivity index (χ3n) is 4.44. The summed E-state index contributed by atoms with van der Waals surface area (Å²) in [7, 11) is 0. The van der Waals surface area contributed by atoms with Crippen molar-refractivity contribution in [3.05, 3.63) is 69.7 Å². The van der Waals surface area contributed by atoms with Gasteiger partial charge in [-0.15, -0.1) is 6.42 Å².